The molecule has 1 aromatic heterocycles. The molecule has 31 heavy (non-hydrogen) atoms. The van der Waals surface area contributed by atoms with Gasteiger partial charge in [0, 0.05) is 18.1 Å². The van der Waals surface area contributed by atoms with Gasteiger partial charge in [-0.15, -0.1) is 0 Å². The number of halogens is 1. The van der Waals surface area contributed by atoms with Crippen molar-refractivity contribution in [3.8, 4) is 5.75 Å². The third kappa shape index (κ3) is 4.87. The second-order valence-corrected chi connectivity index (χ2v) is 7.71. The molecule has 2 heterocycles. The molecular weight excluding hydrogens is 420 g/mol. The minimum absolute atomic E-state index is 0.236. The van der Waals surface area contributed by atoms with E-state index in [4.69, 9.17) is 21.1 Å². The highest BCUT2D eigenvalue weighted by Crippen LogP contribution is 2.21. The van der Waals surface area contributed by atoms with Crippen LogP contribution in [0.5, 0.6) is 5.75 Å². The highest BCUT2D eigenvalue weighted by molar-refractivity contribution is 6.30. The molecule has 0 N–H and O–H groups in total. The number of carbonyl (C=O) groups excluding carboxylic acids is 1. The summed E-state index contributed by atoms with van der Waals surface area (Å²) in [6.07, 6.45) is 1.26. The molecule has 1 saturated heterocycles. The third-order valence-electron chi connectivity index (χ3n) is 5.12. The van der Waals surface area contributed by atoms with Crippen LogP contribution >= 0.6 is 11.6 Å². The van der Waals surface area contributed by atoms with E-state index in [9.17, 15) is 9.59 Å². The summed E-state index contributed by atoms with van der Waals surface area (Å²) in [6.45, 7) is 4.89. The summed E-state index contributed by atoms with van der Waals surface area (Å²) in [7, 11) is 0. The molecule has 1 fully saturated rings. The smallest absolute Gasteiger partial charge is 0.335 e. The monoisotopic (exact) mass is 442 g/mol. The van der Waals surface area contributed by atoms with Crippen LogP contribution in [0.15, 0.2) is 52.3 Å². The zero-order valence-electron chi connectivity index (χ0n) is 17.2. The Bertz CT molecular complexity index is 1180. The van der Waals surface area contributed by atoms with Gasteiger partial charge in [-0.2, -0.15) is 4.99 Å². The molecule has 0 aliphatic carbocycles. The van der Waals surface area contributed by atoms with Crippen LogP contribution in [-0.2, 0) is 16.2 Å². The quantitative estimate of drug-likeness (QED) is 0.433. The van der Waals surface area contributed by atoms with Crippen LogP contribution in [0, 0.1) is 6.92 Å². The van der Waals surface area contributed by atoms with Gasteiger partial charge >= 0.3 is 5.69 Å². The lowest BCUT2D eigenvalue weighted by Crippen LogP contribution is -2.40. The number of para-hydroxylation sites is 2. The Balaban J connectivity index is 1.52. The third-order valence-corrected chi connectivity index (χ3v) is 5.35. The summed E-state index contributed by atoms with van der Waals surface area (Å²) >= 11 is 5.93. The molecule has 162 valence electrons. The molecule has 0 saturated carbocycles. The van der Waals surface area contributed by atoms with Crippen molar-refractivity contribution in [1.82, 2.24) is 14.0 Å². The van der Waals surface area contributed by atoms with Gasteiger partial charge < -0.3 is 9.47 Å². The maximum Gasteiger partial charge on any atom is 0.335 e. The summed E-state index contributed by atoms with van der Waals surface area (Å²) in [5, 5.41) is 0.599. The Kier molecular flexibility index (Phi) is 6.50. The number of rotatable bonds is 6. The molecule has 4 rings (SSSR count). The van der Waals surface area contributed by atoms with Gasteiger partial charge in [-0.1, -0.05) is 23.7 Å². The standard InChI is InChI=1S/C22H23ClN4O4/c1-16-12-17(23)6-7-20(16)31-13-21(28)24-14-26-18-4-2-3-5-19(18)27(22(26)29)15-25-8-10-30-11-9-25/h2-7,12,14H,8-11,13,15H2,1H3. The minimum atomic E-state index is -0.494. The van der Waals surface area contributed by atoms with Gasteiger partial charge in [-0.05, 0) is 42.8 Å². The summed E-state index contributed by atoms with van der Waals surface area (Å²) in [5.74, 6) is 0.0680. The van der Waals surface area contributed by atoms with Crippen molar-refractivity contribution in [2.75, 3.05) is 32.9 Å². The van der Waals surface area contributed by atoms with Gasteiger partial charge in [0.2, 0.25) is 0 Å². The molecule has 0 spiro atoms. The lowest BCUT2D eigenvalue weighted by Gasteiger charge is -2.26. The number of amides is 1. The van der Waals surface area contributed by atoms with Crippen LogP contribution in [0.2, 0.25) is 5.02 Å². The van der Waals surface area contributed by atoms with E-state index >= 15 is 0 Å². The van der Waals surface area contributed by atoms with Gasteiger partial charge in [0.1, 0.15) is 12.1 Å². The average Bonchev–Trinajstić information content (AvgIpc) is 3.03. The number of fused-ring (bicyclic) bond motifs is 1. The van der Waals surface area contributed by atoms with E-state index in [-0.39, 0.29) is 12.3 Å². The minimum Gasteiger partial charge on any atom is -0.483 e. The predicted molar refractivity (Wildman–Crippen MR) is 119 cm³/mol. The molecule has 0 unspecified atom stereocenters. The number of morpholine rings is 1. The molecule has 1 aliphatic heterocycles. The molecule has 3 aromatic rings. The molecule has 0 radical (unpaired) electrons. The van der Waals surface area contributed by atoms with E-state index in [0.717, 1.165) is 24.2 Å². The van der Waals surface area contributed by atoms with Crippen molar-refractivity contribution in [1.29, 1.82) is 0 Å². The molecule has 0 bridgehead atoms. The average molecular weight is 443 g/mol. The first-order chi connectivity index (χ1) is 15.0. The lowest BCUT2D eigenvalue weighted by molar-refractivity contribution is -0.119. The Morgan fingerprint density at radius 1 is 1.19 bits per heavy atom. The number of hydrogen-bond acceptors (Lipinski definition) is 5. The molecule has 8 nitrogen and oxygen atoms in total. The van der Waals surface area contributed by atoms with Crippen molar-refractivity contribution in [3.05, 3.63) is 63.5 Å². The Labute approximate surface area is 184 Å². The Morgan fingerprint density at radius 3 is 2.68 bits per heavy atom. The number of ether oxygens (including phenoxy) is 2. The molecule has 1 aliphatic rings. The highest BCUT2D eigenvalue weighted by Gasteiger charge is 2.17. The number of aliphatic imine (C=N–C) groups is 1. The SMILES string of the molecule is Cc1cc(Cl)ccc1OCC(=O)N=Cn1c(=O)n(CN2CCOCC2)c2ccccc21. The van der Waals surface area contributed by atoms with Crippen LogP contribution in [0.1, 0.15) is 5.56 Å². The summed E-state index contributed by atoms with van der Waals surface area (Å²) < 4.78 is 14.0. The second-order valence-electron chi connectivity index (χ2n) is 7.28. The van der Waals surface area contributed by atoms with Gasteiger partial charge in [-0.25, -0.2) is 4.79 Å². The predicted octanol–water partition coefficient (Wildman–Crippen LogP) is 2.54. The van der Waals surface area contributed by atoms with Crippen molar-refractivity contribution < 1.29 is 14.3 Å². The summed E-state index contributed by atoms with van der Waals surface area (Å²) in [6, 6.07) is 12.6. The topological polar surface area (TPSA) is 78.1 Å². The Morgan fingerprint density at radius 2 is 1.94 bits per heavy atom. The zero-order valence-corrected chi connectivity index (χ0v) is 17.9. The first-order valence-electron chi connectivity index (χ1n) is 9.99. The van der Waals surface area contributed by atoms with Crippen LogP contribution < -0.4 is 10.4 Å². The lowest BCUT2D eigenvalue weighted by atomic mass is 10.2. The van der Waals surface area contributed by atoms with E-state index in [1.807, 2.05) is 31.2 Å². The summed E-state index contributed by atoms with van der Waals surface area (Å²) in [4.78, 5) is 31.4. The molecule has 1 amide bonds. The van der Waals surface area contributed by atoms with E-state index in [0.29, 0.717) is 36.2 Å². The zero-order chi connectivity index (χ0) is 21.8. The highest BCUT2D eigenvalue weighted by atomic mass is 35.5. The second kappa shape index (κ2) is 9.47. The molecule has 9 heteroatoms. The van der Waals surface area contributed by atoms with Gasteiger partial charge in [-0.3, -0.25) is 18.8 Å². The number of hydrogen-bond donors (Lipinski definition) is 0. The fraction of sp³-hybridized carbons (Fsp3) is 0.318. The molecular formula is C22H23ClN4O4. The fourth-order valence-electron chi connectivity index (χ4n) is 3.50. The van der Waals surface area contributed by atoms with Crippen LogP contribution in [0.3, 0.4) is 0 Å². The van der Waals surface area contributed by atoms with Crippen molar-refractivity contribution in [3.63, 3.8) is 0 Å². The Hall–Kier alpha value is -2.94. The first-order valence-corrected chi connectivity index (χ1v) is 10.4. The van der Waals surface area contributed by atoms with Gasteiger partial charge in [0.05, 0.1) is 30.9 Å². The van der Waals surface area contributed by atoms with E-state index in [1.165, 1.54) is 10.9 Å². The number of carbonyl (C=O) groups is 1. The van der Waals surface area contributed by atoms with Gasteiger partial charge in [0.25, 0.3) is 5.91 Å². The number of aromatic nitrogens is 2. The van der Waals surface area contributed by atoms with Crippen molar-refractivity contribution >= 4 is 34.9 Å². The maximum absolute atomic E-state index is 13.1. The van der Waals surface area contributed by atoms with E-state index in [2.05, 4.69) is 9.89 Å². The fourth-order valence-corrected chi connectivity index (χ4v) is 3.72. The van der Waals surface area contributed by atoms with Gasteiger partial charge in [0.15, 0.2) is 6.61 Å². The van der Waals surface area contributed by atoms with Crippen LogP contribution in [0.25, 0.3) is 11.0 Å². The normalized spacial score (nSPS) is 15.0. The summed E-state index contributed by atoms with van der Waals surface area (Å²) in [5.41, 5.74) is 2.04. The number of nitrogens with zero attached hydrogens (tertiary/aromatic N) is 4. The van der Waals surface area contributed by atoms with Crippen molar-refractivity contribution in [2.24, 2.45) is 4.99 Å². The molecule has 2 aromatic carbocycles. The van der Waals surface area contributed by atoms with Crippen LogP contribution in [0.4, 0.5) is 0 Å². The van der Waals surface area contributed by atoms with Crippen molar-refractivity contribution in [2.45, 2.75) is 13.6 Å². The van der Waals surface area contributed by atoms with E-state index < -0.39 is 5.91 Å². The maximum atomic E-state index is 13.1. The van der Waals surface area contributed by atoms with Crippen LogP contribution in [-0.4, -0.2) is 59.2 Å². The number of imidazole rings is 1. The number of benzene rings is 2. The first kappa shape index (κ1) is 21.3. The number of aryl methyl sites for hydroxylation is 1. The molecule has 0 atom stereocenters. The largest absolute Gasteiger partial charge is 0.483 e. The van der Waals surface area contributed by atoms with E-state index in [1.54, 1.807) is 22.8 Å².